The summed E-state index contributed by atoms with van der Waals surface area (Å²) in [5.41, 5.74) is 4.91. The van der Waals surface area contributed by atoms with Crippen LogP contribution in [-0.2, 0) is 11.2 Å². The van der Waals surface area contributed by atoms with Gasteiger partial charge in [0.15, 0.2) is 0 Å². The molecule has 0 aliphatic rings. The van der Waals surface area contributed by atoms with Crippen LogP contribution in [0.4, 0.5) is 5.69 Å². The molecular weight excluding hydrogens is 386 g/mol. The maximum absolute atomic E-state index is 12.4. The normalized spacial score (nSPS) is 10.7. The van der Waals surface area contributed by atoms with Crippen LogP contribution in [0.2, 0.25) is 0 Å². The molecule has 0 saturated heterocycles. The average molecular weight is 405 g/mol. The number of anilines is 1. The van der Waals surface area contributed by atoms with Crippen LogP contribution in [0.3, 0.4) is 0 Å². The number of nitrogens with zero attached hydrogens (tertiary/aromatic N) is 4. The summed E-state index contributed by atoms with van der Waals surface area (Å²) in [4.78, 5) is 16.6. The summed E-state index contributed by atoms with van der Waals surface area (Å²) in [6.07, 6.45) is 8.92. The third-order valence-corrected chi connectivity index (χ3v) is 4.62. The molecule has 2 aromatic heterocycles. The van der Waals surface area contributed by atoms with Crippen LogP contribution in [0, 0.1) is 11.3 Å². The first-order chi connectivity index (χ1) is 15.2. The summed E-state index contributed by atoms with van der Waals surface area (Å²) in [5.74, 6) is -0.252. The fourth-order valence-corrected chi connectivity index (χ4v) is 3.10. The van der Waals surface area contributed by atoms with Crippen molar-refractivity contribution in [1.82, 2.24) is 14.8 Å². The van der Waals surface area contributed by atoms with Crippen LogP contribution >= 0.6 is 0 Å². The molecule has 6 nitrogen and oxygen atoms in total. The smallest absolute Gasteiger partial charge is 0.248 e. The summed E-state index contributed by atoms with van der Waals surface area (Å²) in [7, 11) is 0. The first-order valence-corrected chi connectivity index (χ1v) is 9.73. The van der Waals surface area contributed by atoms with E-state index in [1.54, 1.807) is 35.3 Å². The van der Waals surface area contributed by atoms with E-state index in [-0.39, 0.29) is 5.91 Å². The number of hydrogen-bond acceptors (Lipinski definition) is 4. The zero-order valence-electron chi connectivity index (χ0n) is 16.6. The molecule has 4 rings (SSSR count). The second-order valence-electron chi connectivity index (χ2n) is 6.81. The van der Waals surface area contributed by atoms with E-state index in [0.717, 1.165) is 28.1 Å². The molecule has 0 aliphatic carbocycles. The van der Waals surface area contributed by atoms with Gasteiger partial charge in [0.05, 0.1) is 18.2 Å². The molecule has 6 heteroatoms. The number of amides is 1. The van der Waals surface area contributed by atoms with Gasteiger partial charge in [0.1, 0.15) is 5.69 Å². The minimum atomic E-state index is -0.252. The standard InChI is InChI=1S/C25H19N5O/c26-15-14-19-8-11-22(12-9-19)28-24(31)13-10-21-18-30(23-6-2-1-3-7-23)29-25(21)20-5-4-16-27-17-20/h1-13,16-18H,14H2,(H,28,31)/b13-10+. The van der Waals surface area contributed by atoms with Crippen LogP contribution in [0.5, 0.6) is 0 Å². The molecule has 0 bridgehead atoms. The van der Waals surface area contributed by atoms with Crippen molar-refractivity contribution in [3.63, 3.8) is 0 Å². The van der Waals surface area contributed by atoms with Crippen molar-refractivity contribution in [3.8, 4) is 23.0 Å². The van der Waals surface area contributed by atoms with Crippen LogP contribution < -0.4 is 5.32 Å². The molecule has 2 aromatic carbocycles. The molecule has 31 heavy (non-hydrogen) atoms. The lowest BCUT2D eigenvalue weighted by molar-refractivity contribution is -0.111. The van der Waals surface area contributed by atoms with E-state index in [9.17, 15) is 4.79 Å². The van der Waals surface area contributed by atoms with Crippen molar-refractivity contribution in [2.75, 3.05) is 5.32 Å². The van der Waals surface area contributed by atoms with E-state index >= 15 is 0 Å². The van der Waals surface area contributed by atoms with E-state index in [1.807, 2.05) is 60.8 Å². The number of carbonyl (C=O) groups is 1. The average Bonchev–Trinajstić information content (AvgIpc) is 3.25. The van der Waals surface area contributed by atoms with Crippen LogP contribution in [-0.4, -0.2) is 20.7 Å². The molecule has 0 spiro atoms. The summed E-state index contributed by atoms with van der Waals surface area (Å²) in [5, 5.41) is 16.3. The molecule has 0 radical (unpaired) electrons. The van der Waals surface area contributed by atoms with Gasteiger partial charge < -0.3 is 5.32 Å². The predicted molar refractivity (Wildman–Crippen MR) is 120 cm³/mol. The lowest BCUT2D eigenvalue weighted by atomic mass is 10.1. The van der Waals surface area contributed by atoms with Gasteiger partial charge in [-0.15, -0.1) is 0 Å². The maximum atomic E-state index is 12.4. The highest BCUT2D eigenvalue weighted by Gasteiger charge is 2.11. The van der Waals surface area contributed by atoms with Gasteiger partial charge in [-0.3, -0.25) is 9.78 Å². The van der Waals surface area contributed by atoms with Crippen molar-refractivity contribution < 1.29 is 4.79 Å². The SMILES string of the molecule is N#CCc1ccc(NC(=O)/C=C/c2cn(-c3ccccc3)nc2-c2cccnc2)cc1. The number of pyridine rings is 1. The molecular formula is C25H19N5O. The van der Waals surface area contributed by atoms with E-state index < -0.39 is 0 Å². The highest BCUT2D eigenvalue weighted by Crippen LogP contribution is 2.24. The molecule has 0 fully saturated rings. The van der Waals surface area contributed by atoms with Crippen molar-refractivity contribution >= 4 is 17.7 Å². The van der Waals surface area contributed by atoms with Gasteiger partial charge in [0, 0.05) is 41.5 Å². The summed E-state index contributed by atoms with van der Waals surface area (Å²) < 4.78 is 1.79. The molecule has 150 valence electrons. The fourth-order valence-electron chi connectivity index (χ4n) is 3.10. The lowest BCUT2D eigenvalue weighted by Crippen LogP contribution is -2.07. The molecule has 4 aromatic rings. The molecule has 2 heterocycles. The fraction of sp³-hybridized carbons (Fsp3) is 0.0400. The van der Waals surface area contributed by atoms with Gasteiger partial charge in [-0.1, -0.05) is 30.3 Å². The third-order valence-electron chi connectivity index (χ3n) is 4.62. The highest BCUT2D eigenvalue weighted by molar-refractivity contribution is 6.02. The summed E-state index contributed by atoms with van der Waals surface area (Å²) in [6.45, 7) is 0. The monoisotopic (exact) mass is 405 g/mol. The summed E-state index contributed by atoms with van der Waals surface area (Å²) >= 11 is 0. The zero-order chi connectivity index (χ0) is 21.5. The largest absolute Gasteiger partial charge is 0.323 e. The highest BCUT2D eigenvalue weighted by atomic mass is 16.1. The summed E-state index contributed by atoms with van der Waals surface area (Å²) in [6, 6.07) is 22.9. The van der Waals surface area contributed by atoms with E-state index in [2.05, 4.69) is 16.4 Å². The Kier molecular flexibility index (Phi) is 5.96. The van der Waals surface area contributed by atoms with Crippen LogP contribution in [0.15, 0.2) is 91.4 Å². The van der Waals surface area contributed by atoms with Gasteiger partial charge >= 0.3 is 0 Å². The first kappa shape index (κ1) is 19.8. The third kappa shape index (κ3) is 4.92. The van der Waals surface area contributed by atoms with Crippen molar-refractivity contribution in [3.05, 3.63) is 103 Å². The zero-order valence-corrected chi connectivity index (χ0v) is 16.6. The molecule has 0 saturated carbocycles. The van der Waals surface area contributed by atoms with Gasteiger partial charge in [-0.25, -0.2) is 4.68 Å². The van der Waals surface area contributed by atoms with Crippen molar-refractivity contribution in [2.24, 2.45) is 0 Å². The maximum Gasteiger partial charge on any atom is 0.248 e. The van der Waals surface area contributed by atoms with Gasteiger partial charge in [0.2, 0.25) is 5.91 Å². The molecule has 0 aliphatic heterocycles. The molecule has 1 N–H and O–H groups in total. The van der Waals surface area contributed by atoms with Gasteiger partial charge in [-0.05, 0) is 48.0 Å². The Labute approximate surface area is 180 Å². The first-order valence-electron chi connectivity index (χ1n) is 9.73. The van der Waals surface area contributed by atoms with Gasteiger partial charge in [0.25, 0.3) is 0 Å². The van der Waals surface area contributed by atoms with Crippen LogP contribution in [0.1, 0.15) is 11.1 Å². The van der Waals surface area contributed by atoms with Gasteiger partial charge in [-0.2, -0.15) is 10.4 Å². The molecule has 1 amide bonds. The van der Waals surface area contributed by atoms with Crippen molar-refractivity contribution in [2.45, 2.75) is 6.42 Å². The Morgan fingerprint density at radius 3 is 2.58 bits per heavy atom. The molecule has 0 unspecified atom stereocenters. The Bertz CT molecular complexity index is 1240. The number of nitrogens with one attached hydrogen (secondary N) is 1. The minimum absolute atomic E-state index is 0.252. The Balaban J connectivity index is 1.57. The number of aromatic nitrogens is 3. The number of nitriles is 1. The minimum Gasteiger partial charge on any atom is -0.323 e. The predicted octanol–water partition coefficient (Wildman–Crippen LogP) is 4.65. The van der Waals surface area contributed by atoms with E-state index in [4.69, 9.17) is 10.4 Å². The topological polar surface area (TPSA) is 83.6 Å². The molecule has 0 atom stereocenters. The van der Waals surface area contributed by atoms with E-state index in [1.165, 1.54) is 6.08 Å². The Morgan fingerprint density at radius 2 is 1.87 bits per heavy atom. The second kappa shape index (κ2) is 9.33. The van der Waals surface area contributed by atoms with Crippen molar-refractivity contribution in [1.29, 1.82) is 5.26 Å². The number of para-hydroxylation sites is 1. The Hall–Kier alpha value is -4.50. The number of carbonyl (C=O) groups excluding carboxylic acids is 1. The number of rotatable bonds is 6. The van der Waals surface area contributed by atoms with E-state index in [0.29, 0.717) is 12.1 Å². The van der Waals surface area contributed by atoms with Crippen LogP contribution in [0.25, 0.3) is 23.0 Å². The quantitative estimate of drug-likeness (QED) is 0.473. The number of benzene rings is 2. The lowest BCUT2D eigenvalue weighted by Gasteiger charge is -2.03. The Morgan fingerprint density at radius 1 is 1.06 bits per heavy atom. The number of hydrogen-bond donors (Lipinski definition) is 1. The second-order valence-corrected chi connectivity index (χ2v) is 6.81.